The molecule has 108 valence electrons. The van der Waals surface area contributed by atoms with Crippen LogP contribution in [-0.4, -0.2) is 15.3 Å². The number of aryl methyl sites for hydroxylation is 1. The van der Waals surface area contributed by atoms with Crippen molar-refractivity contribution in [2.45, 2.75) is 46.3 Å². The van der Waals surface area contributed by atoms with Gasteiger partial charge in [0.15, 0.2) is 0 Å². The molecule has 0 spiro atoms. The van der Waals surface area contributed by atoms with E-state index in [1.165, 1.54) is 4.68 Å². The van der Waals surface area contributed by atoms with Gasteiger partial charge in [0.25, 0.3) is 5.56 Å². The van der Waals surface area contributed by atoms with Crippen LogP contribution in [0, 0.1) is 6.92 Å². The maximum atomic E-state index is 11.8. The third-order valence-corrected chi connectivity index (χ3v) is 2.82. The fourth-order valence-corrected chi connectivity index (χ4v) is 1.75. The molecule has 0 atom stereocenters. The van der Waals surface area contributed by atoms with Crippen LogP contribution in [0.3, 0.4) is 0 Å². The number of hydrogen-bond acceptors (Lipinski definition) is 4. The highest BCUT2D eigenvalue weighted by Gasteiger charge is 2.10. The molecule has 0 unspecified atom stereocenters. The summed E-state index contributed by atoms with van der Waals surface area (Å²) in [5, 5.41) is 7.45. The maximum Gasteiger partial charge on any atom is 0.267 e. The van der Waals surface area contributed by atoms with E-state index in [-0.39, 0.29) is 11.1 Å². The van der Waals surface area contributed by atoms with Gasteiger partial charge < -0.3 is 9.73 Å². The van der Waals surface area contributed by atoms with Crippen LogP contribution in [0.5, 0.6) is 0 Å². The summed E-state index contributed by atoms with van der Waals surface area (Å²) in [4.78, 5) is 11.8. The Morgan fingerprint density at radius 3 is 2.65 bits per heavy atom. The molecular formula is C15H21N3O2. The minimum absolute atomic E-state index is 0.0441. The van der Waals surface area contributed by atoms with Crippen LogP contribution in [0.15, 0.2) is 33.6 Å². The van der Waals surface area contributed by atoms with Crippen molar-refractivity contribution in [3.8, 4) is 0 Å². The lowest BCUT2D eigenvalue weighted by Gasteiger charge is -2.19. The molecule has 0 aliphatic heterocycles. The predicted molar refractivity (Wildman–Crippen MR) is 77.6 cm³/mol. The van der Waals surface area contributed by atoms with E-state index in [0.717, 1.165) is 17.1 Å². The molecule has 0 saturated carbocycles. The van der Waals surface area contributed by atoms with Gasteiger partial charge in [0.2, 0.25) is 0 Å². The smallest absolute Gasteiger partial charge is 0.267 e. The van der Waals surface area contributed by atoms with Crippen LogP contribution in [0.4, 0.5) is 0 Å². The Morgan fingerprint density at radius 1 is 1.30 bits per heavy atom. The Hall–Kier alpha value is -1.88. The van der Waals surface area contributed by atoms with E-state index in [0.29, 0.717) is 13.1 Å². The first kappa shape index (κ1) is 14.5. The summed E-state index contributed by atoms with van der Waals surface area (Å²) in [5.41, 5.74) is 0.791. The second-order valence-corrected chi connectivity index (χ2v) is 6.00. The minimum atomic E-state index is -0.115. The highest BCUT2D eigenvalue weighted by Crippen LogP contribution is 2.10. The van der Waals surface area contributed by atoms with Crippen molar-refractivity contribution >= 4 is 0 Å². The van der Waals surface area contributed by atoms with Gasteiger partial charge in [-0.25, -0.2) is 4.68 Å². The summed E-state index contributed by atoms with van der Waals surface area (Å²) in [6, 6.07) is 5.37. The van der Waals surface area contributed by atoms with E-state index in [1.54, 1.807) is 12.3 Å². The summed E-state index contributed by atoms with van der Waals surface area (Å²) in [5.74, 6) is 1.59. The number of rotatable bonds is 4. The first-order valence-electron chi connectivity index (χ1n) is 6.70. The molecule has 2 aromatic rings. The number of aromatic nitrogens is 2. The van der Waals surface area contributed by atoms with Crippen molar-refractivity contribution in [3.63, 3.8) is 0 Å². The van der Waals surface area contributed by atoms with Gasteiger partial charge in [0.1, 0.15) is 18.1 Å². The molecule has 0 fully saturated rings. The third-order valence-electron chi connectivity index (χ3n) is 2.82. The lowest BCUT2D eigenvalue weighted by molar-refractivity contribution is 0.373. The van der Waals surface area contributed by atoms with Gasteiger partial charge >= 0.3 is 0 Å². The summed E-state index contributed by atoms with van der Waals surface area (Å²) < 4.78 is 7.10. The lowest BCUT2D eigenvalue weighted by atomic mass is 10.1. The van der Waals surface area contributed by atoms with Gasteiger partial charge in [-0.3, -0.25) is 4.79 Å². The van der Waals surface area contributed by atoms with E-state index in [2.05, 4.69) is 31.2 Å². The van der Waals surface area contributed by atoms with Crippen LogP contribution in [-0.2, 0) is 13.1 Å². The van der Waals surface area contributed by atoms with E-state index >= 15 is 0 Å². The van der Waals surface area contributed by atoms with Crippen molar-refractivity contribution in [1.82, 2.24) is 15.1 Å². The van der Waals surface area contributed by atoms with Gasteiger partial charge in [-0.05, 0) is 45.4 Å². The highest BCUT2D eigenvalue weighted by molar-refractivity contribution is 5.09. The van der Waals surface area contributed by atoms with Gasteiger partial charge in [-0.1, -0.05) is 0 Å². The Labute approximate surface area is 118 Å². The summed E-state index contributed by atoms with van der Waals surface area (Å²) >= 11 is 0. The summed E-state index contributed by atoms with van der Waals surface area (Å²) in [7, 11) is 0. The van der Waals surface area contributed by atoms with Gasteiger partial charge in [-0.15, -0.1) is 0 Å². The van der Waals surface area contributed by atoms with Gasteiger partial charge in [0, 0.05) is 11.6 Å². The predicted octanol–water partition coefficient (Wildman–Crippen LogP) is 2.08. The third kappa shape index (κ3) is 4.06. The van der Waals surface area contributed by atoms with Crippen molar-refractivity contribution < 1.29 is 4.42 Å². The fraction of sp³-hybridized carbons (Fsp3) is 0.467. The lowest BCUT2D eigenvalue weighted by Crippen LogP contribution is -2.34. The zero-order chi connectivity index (χ0) is 14.8. The molecule has 5 heteroatoms. The molecule has 0 radical (unpaired) electrons. The quantitative estimate of drug-likeness (QED) is 0.928. The second kappa shape index (κ2) is 5.63. The second-order valence-electron chi connectivity index (χ2n) is 6.00. The summed E-state index contributed by atoms with van der Waals surface area (Å²) in [6.45, 7) is 9.18. The Bertz CT molecular complexity index is 635. The highest BCUT2D eigenvalue weighted by atomic mass is 16.3. The van der Waals surface area contributed by atoms with Crippen molar-refractivity contribution in [2.75, 3.05) is 0 Å². The van der Waals surface area contributed by atoms with E-state index in [4.69, 9.17) is 4.42 Å². The van der Waals surface area contributed by atoms with Crippen LogP contribution in [0.1, 0.15) is 37.9 Å². The molecule has 0 aromatic carbocycles. The monoisotopic (exact) mass is 275 g/mol. The fourth-order valence-electron chi connectivity index (χ4n) is 1.75. The van der Waals surface area contributed by atoms with Crippen LogP contribution in [0.2, 0.25) is 0 Å². The SMILES string of the molecule is Cc1cnn(Cc2ccc(CNC(C)(C)C)o2)c(=O)c1. The molecular weight excluding hydrogens is 254 g/mol. The number of nitrogens with one attached hydrogen (secondary N) is 1. The average molecular weight is 275 g/mol. The largest absolute Gasteiger partial charge is 0.463 e. The van der Waals surface area contributed by atoms with E-state index in [9.17, 15) is 4.79 Å². The average Bonchev–Trinajstić information content (AvgIpc) is 2.77. The van der Waals surface area contributed by atoms with E-state index < -0.39 is 0 Å². The Kier molecular flexibility index (Phi) is 4.09. The van der Waals surface area contributed by atoms with Crippen molar-refractivity contribution in [3.05, 3.63) is 51.8 Å². The number of nitrogens with zero attached hydrogens (tertiary/aromatic N) is 2. The zero-order valence-corrected chi connectivity index (χ0v) is 12.4. The molecule has 2 heterocycles. The van der Waals surface area contributed by atoms with Gasteiger partial charge in [-0.2, -0.15) is 5.10 Å². The van der Waals surface area contributed by atoms with Crippen molar-refractivity contribution in [1.29, 1.82) is 0 Å². The molecule has 2 rings (SSSR count). The van der Waals surface area contributed by atoms with Gasteiger partial charge in [0.05, 0.1) is 12.7 Å². The molecule has 0 bridgehead atoms. The number of hydrogen-bond donors (Lipinski definition) is 1. The van der Waals surface area contributed by atoms with Crippen molar-refractivity contribution in [2.24, 2.45) is 0 Å². The first-order valence-corrected chi connectivity index (χ1v) is 6.70. The molecule has 5 nitrogen and oxygen atoms in total. The Balaban J connectivity index is 2.04. The molecule has 1 N–H and O–H groups in total. The maximum absolute atomic E-state index is 11.8. The molecule has 0 saturated heterocycles. The Morgan fingerprint density at radius 2 is 2.00 bits per heavy atom. The first-order chi connectivity index (χ1) is 9.33. The van der Waals surface area contributed by atoms with Crippen LogP contribution >= 0.6 is 0 Å². The molecule has 0 amide bonds. The standard InChI is InChI=1S/C15H21N3O2/c1-11-7-14(19)18(17-8-11)10-13-6-5-12(20-13)9-16-15(2,3)4/h5-8,16H,9-10H2,1-4H3. The normalized spacial score (nSPS) is 11.8. The van der Waals surface area contributed by atoms with Crippen LogP contribution in [0.25, 0.3) is 0 Å². The van der Waals surface area contributed by atoms with Crippen LogP contribution < -0.4 is 10.9 Å². The van der Waals surface area contributed by atoms with E-state index in [1.807, 2.05) is 19.1 Å². The molecule has 20 heavy (non-hydrogen) atoms. The topological polar surface area (TPSA) is 60.1 Å². The molecule has 2 aromatic heterocycles. The molecule has 0 aliphatic carbocycles. The number of furan rings is 1. The zero-order valence-electron chi connectivity index (χ0n) is 12.4. The molecule has 0 aliphatic rings. The summed E-state index contributed by atoms with van der Waals surface area (Å²) in [6.07, 6.45) is 1.67. The minimum Gasteiger partial charge on any atom is -0.463 e.